The Bertz CT molecular complexity index is 1290. The lowest BCUT2D eigenvalue weighted by Crippen LogP contribution is -1.94. The standard InChI is InChI=1S/C25H18N2O2/c1-3-14(2)15-7-9-16(10-8-15)29-21-12-11-19-22-17(21)5-4-6-18(22)23-20(13-26)25(28)27-24(19)23/h4-12,14H,3H2,1-2H3. The van der Waals surface area contributed by atoms with E-state index < -0.39 is 5.91 Å². The van der Waals surface area contributed by atoms with E-state index in [2.05, 4.69) is 31.0 Å². The first-order valence-electron chi connectivity index (χ1n) is 9.74. The van der Waals surface area contributed by atoms with Crippen LogP contribution in [0.15, 0.2) is 65.2 Å². The van der Waals surface area contributed by atoms with Crippen LogP contribution in [0, 0.1) is 11.3 Å². The van der Waals surface area contributed by atoms with Gasteiger partial charge in [-0.05, 0) is 47.7 Å². The zero-order valence-electron chi connectivity index (χ0n) is 16.2. The molecule has 1 aliphatic carbocycles. The lowest BCUT2D eigenvalue weighted by molar-refractivity contribution is -0.113. The molecule has 3 aromatic rings. The summed E-state index contributed by atoms with van der Waals surface area (Å²) >= 11 is 0. The second-order valence-electron chi connectivity index (χ2n) is 7.45. The van der Waals surface area contributed by atoms with E-state index in [0.717, 1.165) is 39.8 Å². The highest BCUT2D eigenvalue weighted by molar-refractivity contribution is 6.50. The van der Waals surface area contributed by atoms with Crippen molar-refractivity contribution in [2.24, 2.45) is 4.99 Å². The Kier molecular flexibility index (Phi) is 3.85. The molecule has 0 radical (unpaired) electrons. The molecule has 0 saturated heterocycles. The maximum atomic E-state index is 12.1. The predicted molar refractivity (Wildman–Crippen MR) is 113 cm³/mol. The van der Waals surface area contributed by atoms with Crippen LogP contribution in [0.5, 0.6) is 11.5 Å². The van der Waals surface area contributed by atoms with Crippen LogP contribution in [0.4, 0.5) is 0 Å². The normalized spacial score (nSPS) is 15.3. The van der Waals surface area contributed by atoms with Crippen molar-refractivity contribution in [2.75, 3.05) is 0 Å². The predicted octanol–water partition coefficient (Wildman–Crippen LogP) is 5.77. The third-order valence-corrected chi connectivity index (χ3v) is 5.84. The van der Waals surface area contributed by atoms with Gasteiger partial charge in [0, 0.05) is 21.9 Å². The van der Waals surface area contributed by atoms with Crippen LogP contribution < -0.4 is 4.74 Å². The molecule has 0 N–H and O–H groups in total. The summed E-state index contributed by atoms with van der Waals surface area (Å²) < 4.78 is 6.21. The molecule has 3 aromatic carbocycles. The zero-order valence-corrected chi connectivity index (χ0v) is 16.2. The van der Waals surface area contributed by atoms with Crippen LogP contribution in [0.1, 0.15) is 42.9 Å². The number of carbonyl (C=O) groups is 1. The maximum Gasteiger partial charge on any atom is 0.288 e. The maximum absolute atomic E-state index is 12.1. The summed E-state index contributed by atoms with van der Waals surface area (Å²) in [4.78, 5) is 16.2. The lowest BCUT2D eigenvalue weighted by atomic mass is 9.99. The molecule has 0 spiro atoms. The molecule has 0 bridgehead atoms. The topological polar surface area (TPSA) is 62.4 Å². The molecule has 0 saturated carbocycles. The summed E-state index contributed by atoms with van der Waals surface area (Å²) in [6.45, 7) is 4.40. The summed E-state index contributed by atoms with van der Waals surface area (Å²) in [5, 5.41) is 11.3. The molecule has 29 heavy (non-hydrogen) atoms. The fraction of sp³-hybridized carbons (Fsp3) is 0.160. The van der Waals surface area contributed by atoms with Gasteiger partial charge in [0.15, 0.2) is 0 Å². The average Bonchev–Trinajstić information content (AvgIpc) is 3.24. The Morgan fingerprint density at radius 1 is 1.07 bits per heavy atom. The average molecular weight is 378 g/mol. The first-order chi connectivity index (χ1) is 14.1. The molecule has 0 fully saturated rings. The van der Waals surface area contributed by atoms with E-state index in [1.807, 2.05) is 48.5 Å². The zero-order chi connectivity index (χ0) is 20.1. The SMILES string of the molecule is CCC(C)c1ccc(Oc2ccc3c4c(cccc24)C2=C(C#N)C(=O)N=C23)cc1. The molecular weight excluding hydrogens is 360 g/mol. The van der Waals surface area contributed by atoms with Crippen molar-refractivity contribution < 1.29 is 9.53 Å². The molecule has 1 amide bonds. The van der Waals surface area contributed by atoms with Crippen LogP contribution in [0.3, 0.4) is 0 Å². The van der Waals surface area contributed by atoms with E-state index >= 15 is 0 Å². The molecule has 5 rings (SSSR count). The summed E-state index contributed by atoms with van der Waals surface area (Å²) in [5.74, 6) is 1.58. The number of amides is 1. The number of allylic oxidation sites excluding steroid dienone is 1. The molecule has 2 aliphatic rings. The summed E-state index contributed by atoms with van der Waals surface area (Å²) in [7, 11) is 0. The second-order valence-corrected chi connectivity index (χ2v) is 7.45. The van der Waals surface area contributed by atoms with Crippen molar-refractivity contribution in [2.45, 2.75) is 26.2 Å². The Morgan fingerprint density at radius 3 is 2.59 bits per heavy atom. The van der Waals surface area contributed by atoms with Crippen LogP contribution in [-0.2, 0) is 4.79 Å². The van der Waals surface area contributed by atoms with E-state index in [4.69, 9.17) is 4.74 Å². The molecular formula is C25H18N2O2. The van der Waals surface area contributed by atoms with E-state index in [-0.39, 0.29) is 5.57 Å². The Labute approximate surface area is 168 Å². The Hall–Kier alpha value is -3.71. The van der Waals surface area contributed by atoms with Crippen molar-refractivity contribution >= 4 is 28.0 Å². The van der Waals surface area contributed by atoms with Gasteiger partial charge in [0.2, 0.25) is 0 Å². The quantitative estimate of drug-likeness (QED) is 0.579. The Balaban J connectivity index is 1.60. The number of benzene rings is 3. The summed E-state index contributed by atoms with van der Waals surface area (Å²) in [5.41, 5.74) is 4.41. The Morgan fingerprint density at radius 2 is 1.86 bits per heavy atom. The van der Waals surface area contributed by atoms with Gasteiger partial charge in [-0.2, -0.15) is 5.26 Å². The fourth-order valence-corrected chi connectivity index (χ4v) is 4.10. The van der Waals surface area contributed by atoms with E-state index in [0.29, 0.717) is 17.2 Å². The van der Waals surface area contributed by atoms with Gasteiger partial charge in [-0.3, -0.25) is 4.79 Å². The number of ether oxygens (including phenoxy) is 1. The number of carbonyl (C=O) groups excluding carboxylic acids is 1. The number of hydrogen-bond donors (Lipinski definition) is 0. The van der Waals surface area contributed by atoms with Gasteiger partial charge >= 0.3 is 0 Å². The van der Waals surface area contributed by atoms with Crippen LogP contribution in [0.2, 0.25) is 0 Å². The third-order valence-electron chi connectivity index (χ3n) is 5.84. The van der Waals surface area contributed by atoms with Crippen molar-refractivity contribution in [1.29, 1.82) is 5.26 Å². The fourth-order valence-electron chi connectivity index (χ4n) is 4.10. The monoisotopic (exact) mass is 378 g/mol. The van der Waals surface area contributed by atoms with Crippen molar-refractivity contribution in [1.82, 2.24) is 0 Å². The molecule has 4 heteroatoms. The van der Waals surface area contributed by atoms with Gasteiger partial charge < -0.3 is 4.74 Å². The van der Waals surface area contributed by atoms with Crippen LogP contribution >= 0.6 is 0 Å². The number of aliphatic imine (C=N–C) groups is 1. The first-order valence-corrected chi connectivity index (χ1v) is 9.74. The van der Waals surface area contributed by atoms with Crippen molar-refractivity contribution in [3.63, 3.8) is 0 Å². The highest BCUT2D eigenvalue weighted by Crippen LogP contribution is 2.45. The highest BCUT2D eigenvalue weighted by atomic mass is 16.5. The second kappa shape index (κ2) is 6.42. The minimum Gasteiger partial charge on any atom is -0.457 e. The number of fused-ring (bicyclic) bond motifs is 3. The number of rotatable bonds is 4. The molecule has 1 heterocycles. The van der Waals surface area contributed by atoms with E-state index in [9.17, 15) is 10.1 Å². The van der Waals surface area contributed by atoms with Gasteiger partial charge in [-0.25, -0.2) is 4.99 Å². The minimum atomic E-state index is -0.457. The smallest absolute Gasteiger partial charge is 0.288 e. The van der Waals surface area contributed by atoms with Gasteiger partial charge in [-0.15, -0.1) is 0 Å². The summed E-state index contributed by atoms with van der Waals surface area (Å²) in [6.07, 6.45) is 1.10. The molecule has 4 nitrogen and oxygen atoms in total. The molecule has 1 unspecified atom stereocenters. The van der Waals surface area contributed by atoms with Crippen LogP contribution in [0.25, 0.3) is 16.3 Å². The molecule has 0 aromatic heterocycles. The van der Waals surface area contributed by atoms with Crippen molar-refractivity contribution in [3.8, 4) is 17.6 Å². The third kappa shape index (κ3) is 2.51. The molecule has 140 valence electrons. The van der Waals surface area contributed by atoms with Gasteiger partial charge in [0.05, 0.1) is 5.71 Å². The number of nitrogens with zero attached hydrogens (tertiary/aromatic N) is 2. The minimum absolute atomic E-state index is 0.117. The number of nitriles is 1. The molecule has 1 aliphatic heterocycles. The summed E-state index contributed by atoms with van der Waals surface area (Å²) in [6, 6.07) is 19.9. The van der Waals surface area contributed by atoms with Gasteiger partial charge in [0.25, 0.3) is 5.91 Å². The highest BCUT2D eigenvalue weighted by Gasteiger charge is 2.36. The van der Waals surface area contributed by atoms with E-state index in [1.54, 1.807) is 0 Å². The lowest BCUT2D eigenvalue weighted by Gasteiger charge is -2.12. The first kappa shape index (κ1) is 17.4. The molecule has 1 atom stereocenters. The van der Waals surface area contributed by atoms with Crippen LogP contribution in [-0.4, -0.2) is 11.6 Å². The van der Waals surface area contributed by atoms with Crippen molar-refractivity contribution in [3.05, 3.63) is 76.9 Å². The van der Waals surface area contributed by atoms with Gasteiger partial charge in [0.1, 0.15) is 23.1 Å². The largest absolute Gasteiger partial charge is 0.457 e. The number of hydrogen-bond acceptors (Lipinski definition) is 3. The van der Waals surface area contributed by atoms with E-state index in [1.165, 1.54) is 5.56 Å². The van der Waals surface area contributed by atoms with Gasteiger partial charge in [-0.1, -0.05) is 44.2 Å².